The highest BCUT2D eigenvalue weighted by Crippen LogP contribution is 2.14. The predicted molar refractivity (Wildman–Crippen MR) is 81.4 cm³/mol. The molecule has 1 aromatic carbocycles. The van der Waals surface area contributed by atoms with Crippen molar-refractivity contribution in [1.82, 2.24) is 15.0 Å². The van der Waals surface area contributed by atoms with E-state index in [2.05, 4.69) is 10.3 Å². The molecule has 1 heterocycles. The van der Waals surface area contributed by atoms with Crippen LogP contribution in [0.15, 0.2) is 24.3 Å². The van der Waals surface area contributed by atoms with E-state index in [-0.39, 0.29) is 19.7 Å². The van der Waals surface area contributed by atoms with Gasteiger partial charge in [0.05, 0.1) is 24.9 Å². The number of nitrogens with two attached hydrogens (primary N) is 1. The maximum Gasteiger partial charge on any atom is 0.104 e. The highest BCUT2D eigenvalue weighted by atomic mass is 35.5. The first-order valence-corrected chi connectivity index (χ1v) is 6.87. The average Bonchev–Trinajstić information content (AvgIpc) is 2.88. The lowest BCUT2D eigenvalue weighted by molar-refractivity contribution is 0.0776. The quantitative estimate of drug-likeness (QED) is 0.737. The van der Waals surface area contributed by atoms with E-state index in [4.69, 9.17) is 22.4 Å². The van der Waals surface area contributed by atoms with E-state index >= 15 is 0 Å². The van der Waals surface area contributed by atoms with E-state index in [9.17, 15) is 5.11 Å². The number of aliphatic hydroxyl groups excluding tert-OH is 2. The van der Waals surface area contributed by atoms with E-state index < -0.39 is 6.10 Å². The highest BCUT2D eigenvalue weighted by molar-refractivity contribution is 6.30. The van der Waals surface area contributed by atoms with Gasteiger partial charge < -0.3 is 15.9 Å². The molecule has 0 saturated heterocycles. The van der Waals surface area contributed by atoms with E-state index in [1.54, 1.807) is 12.1 Å². The van der Waals surface area contributed by atoms with Gasteiger partial charge in [-0.2, -0.15) is 0 Å². The second-order valence-corrected chi connectivity index (χ2v) is 4.97. The zero-order valence-electron chi connectivity index (χ0n) is 11.4. The summed E-state index contributed by atoms with van der Waals surface area (Å²) in [4.78, 5) is 0. The molecular formula is C14H17ClN4O2. The minimum Gasteiger partial charge on any atom is -0.394 e. The van der Waals surface area contributed by atoms with Crippen molar-refractivity contribution in [1.29, 1.82) is 0 Å². The molecular weight excluding hydrogens is 292 g/mol. The van der Waals surface area contributed by atoms with Gasteiger partial charge in [-0.25, -0.2) is 4.68 Å². The molecule has 0 aliphatic carbocycles. The first kappa shape index (κ1) is 15.7. The third-order valence-electron chi connectivity index (χ3n) is 2.94. The van der Waals surface area contributed by atoms with Crippen LogP contribution in [0.3, 0.4) is 0 Å². The van der Waals surface area contributed by atoms with Gasteiger partial charge in [0.2, 0.25) is 0 Å². The van der Waals surface area contributed by atoms with Crippen LogP contribution in [0.1, 0.15) is 17.0 Å². The Kier molecular flexibility index (Phi) is 5.46. The molecule has 0 aliphatic rings. The van der Waals surface area contributed by atoms with Gasteiger partial charge in [-0.05, 0) is 23.8 Å². The molecule has 1 atom stereocenters. The summed E-state index contributed by atoms with van der Waals surface area (Å²) in [5.41, 5.74) is 7.95. The molecule has 21 heavy (non-hydrogen) atoms. The van der Waals surface area contributed by atoms with Crippen LogP contribution in [0.25, 0.3) is 12.2 Å². The monoisotopic (exact) mass is 308 g/mol. The smallest absolute Gasteiger partial charge is 0.104 e. The van der Waals surface area contributed by atoms with Crippen LogP contribution in [-0.2, 0) is 13.1 Å². The fourth-order valence-corrected chi connectivity index (χ4v) is 1.95. The summed E-state index contributed by atoms with van der Waals surface area (Å²) in [5.74, 6) is 0. The maximum absolute atomic E-state index is 9.52. The van der Waals surface area contributed by atoms with Gasteiger partial charge in [0.15, 0.2) is 0 Å². The van der Waals surface area contributed by atoms with Crippen LogP contribution in [-0.4, -0.2) is 37.9 Å². The molecule has 0 aliphatic heterocycles. The molecule has 112 valence electrons. The minimum absolute atomic E-state index is 0.157. The lowest BCUT2D eigenvalue weighted by atomic mass is 10.2. The van der Waals surface area contributed by atoms with E-state index in [0.717, 1.165) is 5.56 Å². The van der Waals surface area contributed by atoms with Crippen molar-refractivity contribution in [2.75, 3.05) is 6.61 Å². The Balaban J connectivity index is 2.24. The van der Waals surface area contributed by atoms with Crippen LogP contribution >= 0.6 is 11.6 Å². The van der Waals surface area contributed by atoms with Crippen molar-refractivity contribution in [2.45, 2.75) is 19.2 Å². The van der Waals surface area contributed by atoms with Crippen molar-refractivity contribution >= 4 is 23.8 Å². The SMILES string of the molecule is NCc1nnn(CC(O)CO)c1/C=C/c1ccc(Cl)cc1. The third kappa shape index (κ3) is 4.12. The minimum atomic E-state index is -0.889. The van der Waals surface area contributed by atoms with E-state index in [1.807, 2.05) is 24.3 Å². The average molecular weight is 309 g/mol. The van der Waals surface area contributed by atoms with Gasteiger partial charge in [0.25, 0.3) is 0 Å². The molecule has 0 saturated carbocycles. The molecule has 4 N–H and O–H groups in total. The van der Waals surface area contributed by atoms with E-state index in [1.165, 1.54) is 4.68 Å². The lowest BCUT2D eigenvalue weighted by Gasteiger charge is -2.08. The van der Waals surface area contributed by atoms with Crippen molar-refractivity contribution in [3.8, 4) is 0 Å². The second kappa shape index (κ2) is 7.33. The Morgan fingerprint density at radius 2 is 2.00 bits per heavy atom. The Bertz CT molecular complexity index is 610. The predicted octanol–water partition coefficient (Wildman–Crippen LogP) is 0.914. The van der Waals surface area contributed by atoms with Crippen molar-refractivity contribution in [3.05, 3.63) is 46.2 Å². The van der Waals surface area contributed by atoms with Crippen LogP contribution in [0.2, 0.25) is 5.02 Å². The van der Waals surface area contributed by atoms with Crippen LogP contribution in [0, 0.1) is 0 Å². The van der Waals surface area contributed by atoms with Gasteiger partial charge in [-0.1, -0.05) is 35.0 Å². The number of rotatable bonds is 6. The molecule has 0 amide bonds. The molecule has 1 aromatic heterocycles. The summed E-state index contributed by atoms with van der Waals surface area (Å²) in [6, 6.07) is 7.38. The van der Waals surface area contributed by atoms with Gasteiger partial charge in [0.1, 0.15) is 5.69 Å². The summed E-state index contributed by atoms with van der Waals surface area (Å²) < 4.78 is 1.52. The Morgan fingerprint density at radius 1 is 1.29 bits per heavy atom. The molecule has 1 unspecified atom stereocenters. The first-order valence-electron chi connectivity index (χ1n) is 6.49. The standard InChI is InChI=1S/C14H17ClN4O2/c15-11-4-1-10(2-5-11)3-6-14-13(7-16)17-18-19(14)8-12(21)9-20/h1-6,12,20-21H,7-9,16H2/b6-3+. The normalized spacial score (nSPS) is 13.0. The lowest BCUT2D eigenvalue weighted by Crippen LogP contribution is -2.21. The number of halogens is 1. The summed E-state index contributed by atoms with van der Waals surface area (Å²) in [5, 5.41) is 27.0. The number of hydrogen-bond donors (Lipinski definition) is 3. The van der Waals surface area contributed by atoms with E-state index in [0.29, 0.717) is 16.4 Å². The van der Waals surface area contributed by atoms with Crippen LogP contribution < -0.4 is 5.73 Å². The van der Waals surface area contributed by atoms with Gasteiger partial charge in [-0.3, -0.25) is 0 Å². The first-order chi connectivity index (χ1) is 10.1. The second-order valence-electron chi connectivity index (χ2n) is 4.53. The molecule has 2 aromatic rings. The fourth-order valence-electron chi connectivity index (χ4n) is 1.83. The fraction of sp³-hybridized carbons (Fsp3) is 0.286. The zero-order valence-corrected chi connectivity index (χ0v) is 12.1. The van der Waals surface area contributed by atoms with Crippen molar-refractivity contribution in [3.63, 3.8) is 0 Å². The third-order valence-corrected chi connectivity index (χ3v) is 3.19. The number of aromatic nitrogens is 3. The molecule has 7 heteroatoms. The number of hydrogen-bond acceptors (Lipinski definition) is 5. The molecule has 0 radical (unpaired) electrons. The Hall–Kier alpha value is -1.73. The molecule has 0 bridgehead atoms. The van der Waals surface area contributed by atoms with Crippen molar-refractivity contribution in [2.24, 2.45) is 5.73 Å². The van der Waals surface area contributed by atoms with Crippen LogP contribution in [0.4, 0.5) is 0 Å². The van der Waals surface area contributed by atoms with Crippen LogP contribution in [0.5, 0.6) is 0 Å². The maximum atomic E-state index is 9.52. The zero-order chi connectivity index (χ0) is 15.2. The topological polar surface area (TPSA) is 97.2 Å². The summed E-state index contributed by atoms with van der Waals surface area (Å²) in [6.45, 7) is 0.0669. The number of nitrogens with zero attached hydrogens (tertiary/aromatic N) is 3. The number of benzene rings is 1. The summed E-state index contributed by atoms with van der Waals surface area (Å²) in [7, 11) is 0. The van der Waals surface area contributed by atoms with Gasteiger partial charge in [0, 0.05) is 11.6 Å². The largest absolute Gasteiger partial charge is 0.394 e. The van der Waals surface area contributed by atoms with Gasteiger partial charge in [-0.15, -0.1) is 5.10 Å². The highest BCUT2D eigenvalue weighted by Gasteiger charge is 2.12. The summed E-state index contributed by atoms with van der Waals surface area (Å²) >= 11 is 5.84. The summed E-state index contributed by atoms with van der Waals surface area (Å²) in [6.07, 6.45) is 2.82. The van der Waals surface area contributed by atoms with Crippen molar-refractivity contribution < 1.29 is 10.2 Å². The number of aliphatic hydroxyl groups is 2. The Morgan fingerprint density at radius 3 is 2.62 bits per heavy atom. The molecule has 0 spiro atoms. The molecule has 2 rings (SSSR count). The molecule has 6 nitrogen and oxygen atoms in total. The Labute approximate surface area is 127 Å². The van der Waals surface area contributed by atoms with Gasteiger partial charge >= 0.3 is 0 Å². The molecule has 0 fully saturated rings.